The van der Waals surface area contributed by atoms with E-state index in [-0.39, 0.29) is 5.57 Å². The summed E-state index contributed by atoms with van der Waals surface area (Å²) in [6, 6.07) is 20.2. The molecule has 0 heterocycles. The molecule has 0 saturated heterocycles. The minimum atomic E-state index is -0.595. The van der Waals surface area contributed by atoms with E-state index in [1.54, 1.807) is 42.5 Å². The molecule has 0 aromatic heterocycles. The van der Waals surface area contributed by atoms with Crippen LogP contribution in [-0.2, 0) is 16.1 Å². The lowest BCUT2D eigenvalue weighted by atomic mass is 10.1. The summed E-state index contributed by atoms with van der Waals surface area (Å²) >= 11 is 12.2. The topological polar surface area (TPSA) is 88.4 Å². The fraction of sp³-hybridized carbons (Fsp3) is 0.0800. The highest BCUT2D eigenvalue weighted by Gasteiger charge is 2.12. The number of anilines is 1. The molecule has 0 unspecified atom stereocenters. The van der Waals surface area contributed by atoms with Gasteiger partial charge in [-0.3, -0.25) is 4.79 Å². The Kier molecular flexibility index (Phi) is 8.09. The van der Waals surface area contributed by atoms with Gasteiger partial charge in [-0.25, -0.2) is 4.79 Å². The number of ether oxygens (including phenoxy) is 2. The molecule has 1 amide bonds. The number of benzene rings is 3. The number of hydrogen-bond acceptors (Lipinski definition) is 5. The molecule has 3 rings (SSSR count). The summed E-state index contributed by atoms with van der Waals surface area (Å²) in [6.07, 6.45) is 1.42. The van der Waals surface area contributed by atoms with E-state index < -0.39 is 11.9 Å². The number of rotatable bonds is 7. The van der Waals surface area contributed by atoms with E-state index >= 15 is 0 Å². The molecule has 0 spiro atoms. The van der Waals surface area contributed by atoms with Gasteiger partial charge in [0.25, 0.3) is 5.91 Å². The SMILES string of the molecule is COC(=O)c1ccc(NC(=O)/C(C#N)=C/c2ccc(OCc3ccc(Cl)cc3)c(Cl)c2)cc1. The third kappa shape index (κ3) is 6.59. The molecule has 0 aliphatic rings. The van der Waals surface area contributed by atoms with Crippen molar-refractivity contribution in [2.45, 2.75) is 6.61 Å². The Hall–Kier alpha value is -3.79. The van der Waals surface area contributed by atoms with E-state index in [0.29, 0.717) is 39.2 Å². The highest BCUT2D eigenvalue weighted by atomic mass is 35.5. The van der Waals surface area contributed by atoms with Crippen LogP contribution in [0, 0.1) is 11.3 Å². The highest BCUT2D eigenvalue weighted by Crippen LogP contribution is 2.27. The van der Waals surface area contributed by atoms with Gasteiger partial charge in [-0.2, -0.15) is 5.26 Å². The normalized spacial score (nSPS) is 10.8. The molecule has 166 valence electrons. The molecule has 0 bridgehead atoms. The van der Waals surface area contributed by atoms with Gasteiger partial charge >= 0.3 is 5.97 Å². The zero-order valence-corrected chi connectivity index (χ0v) is 19.0. The van der Waals surface area contributed by atoms with E-state index in [1.165, 1.54) is 25.3 Å². The molecular weight excluding hydrogens is 463 g/mol. The first-order chi connectivity index (χ1) is 15.9. The first kappa shape index (κ1) is 23.9. The van der Waals surface area contributed by atoms with E-state index in [4.69, 9.17) is 27.9 Å². The molecule has 0 saturated carbocycles. The van der Waals surface area contributed by atoms with Crippen LogP contribution in [0.25, 0.3) is 6.08 Å². The second kappa shape index (κ2) is 11.2. The van der Waals surface area contributed by atoms with Crippen LogP contribution in [0.2, 0.25) is 10.0 Å². The molecule has 0 aliphatic carbocycles. The predicted octanol–water partition coefficient (Wildman–Crippen LogP) is 5.90. The van der Waals surface area contributed by atoms with E-state index in [1.807, 2.05) is 18.2 Å². The summed E-state index contributed by atoms with van der Waals surface area (Å²) in [7, 11) is 1.28. The molecule has 8 heteroatoms. The molecule has 3 aromatic rings. The van der Waals surface area contributed by atoms with Crippen LogP contribution in [0.5, 0.6) is 5.75 Å². The maximum Gasteiger partial charge on any atom is 0.337 e. The first-order valence-electron chi connectivity index (χ1n) is 9.68. The van der Waals surface area contributed by atoms with Crippen molar-refractivity contribution in [1.29, 1.82) is 5.26 Å². The van der Waals surface area contributed by atoms with Gasteiger partial charge in [0.15, 0.2) is 0 Å². The average molecular weight is 481 g/mol. The molecule has 0 atom stereocenters. The number of esters is 1. The van der Waals surface area contributed by atoms with Crippen molar-refractivity contribution in [2.75, 3.05) is 12.4 Å². The quantitative estimate of drug-likeness (QED) is 0.258. The van der Waals surface area contributed by atoms with Crippen LogP contribution in [0.15, 0.2) is 72.3 Å². The molecule has 33 heavy (non-hydrogen) atoms. The van der Waals surface area contributed by atoms with Crippen LogP contribution >= 0.6 is 23.2 Å². The van der Waals surface area contributed by atoms with Gasteiger partial charge in [0.1, 0.15) is 24.0 Å². The predicted molar refractivity (Wildman–Crippen MR) is 127 cm³/mol. The maximum absolute atomic E-state index is 12.5. The van der Waals surface area contributed by atoms with Crippen molar-refractivity contribution in [3.8, 4) is 11.8 Å². The minimum Gasteiger partial charge on any atom is -0.487 e. The van der Waals surface area contributed by atoms with E-state index in [2.05, 4.69) is 10.1 Å². The maximum atomic E-state index is 12.5. The second-order valence-corrected chi connectivity index (χ2v) is 7.64. The number of methoxy groups -OCH3 is 1. The van der Waals surface area contributed by atoms with E-state index in [0.717, 1.165) is 5.56 Å². The van der Waals surface area contributed by atoms with Crippen molar-refractivity contribution in [3.63, 3.8) is 0 Å². The zero-order valence-electron chi connectivity index (χ0n) is 17.5. The van der Waals surface area contributed by atoms with Crippen molar-refractivity contribution in [1.82, 2.24) is 0 Å². The summed E-state index contributed by atoms with van der Waals surface area (Å²) in [5, 5.41) is 13.0. The Morgan fingerprint density at radius 2 is 1.73 bits per heavy atom. The fourth-order valence-electron chi connectivity index (χ4n) is 2.79. The number of halogens is 2. The Bertz CT molecular complexity index is 1230. The number of nitrogens with zero attached hydrogens (tertiary/aromatic N) is 1. The smallest absolute Gasteiger partial charge is 0.337 e. The number of carbonyl (C=O) groups excluding carboxylic acids is 2. The van der Waals surface area contributed by atoms with Crippen molar-refractivity contribution in [2.24, 2.45) is 0 Å². The molecule has 3 aromatic carbocycles. The largest absolute Gasteiger partial charge is 0.487 e. The monoisotopic (exact) mass is 480 g/mol. The van der Waals surface area contributed by atoms with Gasteiger partial charge in [-0.05, 0) is 65.7 Å². The number of hydrogen-bond donors (Lipinski definition) is 1. The summed E-state index contributed by atoms with van der Waals surface area (Å²) < 4.78 is 10.4. The molecule has 0 aliphatic heterocycles. The van der Waals surface area contributed by atoms with Crippen LogP contribution in [0.4, 0.5) is 5.69 Å². The third-order valence-electron chi connectivity index (χ3n) is 4.50. The lowest BCUT2D eigenvalue weighted by Gasteiger charge is -2.09. The third-order valence-corrected chi connectivity index (χ3v) is 5.05. The molecule has 0 radical (unpaired) electrons. The van der Waals surface area contributed by atoms with Crippen LogP contribution in [-0.4, -0.2) is 19.0 Å². The first-order valence-corrected chi connectivity index (χ1v) is 10.4. The van der Waals surface area contributed by atoms with Gasteiger partial charge in [-0.1, -0.05) is 41.4 Å². The summed E-state index contributed by atoms with van der Waals surface area (Å²) in [5.74, 6) is -0.608. The van der Waals surface area contributed by atoms with Gasteiger partial charge < -0.3 is 14.8 Å². The molecule has 1 N–H and O–H groups in total. The van der Waals surface area contributed by atoms with Crippen LogP contribution in [0.3, 0.4) is 0 Å². The average Bonchev–Trinajstić information content (AvgIpc) is 2.83. The second-order valence-electron chi connectivity index (χ2n) is 6.80. The Balaban J connectivity index is 1.67. The minimum absolute atomic E-state index is 0.113. The molecule has 6 nitrogen and oxygen atoms in total. The van der Waals surface area contributed by atoms with Crippen molar-refractivity contribution >= 4 is 46.8 Å². The van der Waals surface area contributed by atoms with Gasteiger partial charge in [-0.15, -0.1) is 0 Å². The van der Waals surface area contributed by atoms with Crippen LogP contribution < -0.4 is 10.1 Å². The highest BCUT2D eigenvalue weighted by molar-refractivity contribution is 6.32. The summed E-state index contributed by atoms with van der Waals surface area (Å²) in [6.45, 7) is 0.312. The molecular formula is C25H18Cl2N2O4. The zero-order chi connectivity index (χ0) is 23.8. The Labute approximate surface area is 201 Å². The summed E-state index contributed by atoms with van der Waals surface area (Å²) in [4.78, 5) is 24.0. The lowest BCUT2D eigenvalue weighted by molar-refractivity contribution is -0.112. The van der Waals surface area contributed by atoms with Gasteiger partial charge in [0, 0.05) is 10.7 Å². The van der Waals surface area contributed by atoms with Crippen LogP contribution in [0.1, 0.15) is 21.5 Å². The van der Waals surface area contributed by atoms with Crippen molar-refractivity contribution in [3.05, 3.63) is 99.0 Å². The Morgan fingerprint density at radius 1 is 1.03 bits per heavy atom. The standard InChI is InChI=1S/C25H18Cl2N2O4/c1-32-25(31)18-5-9-21(10-6-18)29-24(30)19(14-28)12-17-4-11-23(22(27)13-17)33-15-16-2-7-20(26)8-3-16/h2-13H,15H2,1H3,(H,29,30)/b19-12+. The summed E-state index contributed by atoms with van der Waals surface area (Å²) in [5.41, 5.74) is 2.16. The lowest BCUT2D eigenvalue weighted by Crippen LogP contribution is -2.13. The van der Waals surface area contributed by atoms with Crippen molar-refractivity contribution < 1.29 is 19.1 Å². The van der Waals surface area contributed by atoms with E-state index in [9.17, 15) is 14.9 Å². The van der Waals surface area contributed by atoms with Gasteiger partial charge in [0.05, 0.1) is 17.7 Å². The molecule has 0 fully saturated rings. The number of carbonyl (C=O) groups is 2. The number of amides is 1. The Morgan fingerprint density at radius 3 is 2.33 bits per heavy atom. The fourth-order valence-corrected chi connectivity index (χ4v) is 3.16. The number of nitriles is 1. The number of nitrogens with one attached hydrogen (secondary N) is 1. The van der Waals surface area contributed by atoms with Gasteiger partial charge in [0.2, 0.25) is 0 Å².